The van der Waals surface area contributed by atoms with Crippen molar-refractivity contribution in [3.63, 3.8) is 0 Å². The summed E-state index contributed by atoms with van der Waals surface area (Å²) in [6.45, 7) is 3.22. The summed E-state index contributed by atoms with van der Waals surface area (Å²) in [6.07, 6.45) is 4.90. The van der Waals surface area contributed by atoms with Crippen molar-refractivity contribution >= 4 is 28.5 Å². The molecule has 1 aliphatic rings. The molecule has 2 aromatic heterocycles. The fourth-order valence-corrected chi connectivity index (χ4v) is 5.70. The number of alkyl halides is 1. The first-order chi connectivity index (χ1) is 20.7. The predicted octanol–water partition coefficient (Wildman–Crippen LogP) is 4.37. The molecule has 4 aromatic rings. The number of amidine groups is 1. The van der Waals surface area contributed by atoms with Crippen LogP contribution in [0.1, 0.15) is 43.4 Å². The van der Waals surface area contributed by atoms with Gasteiger partial charge in [0.2, 0.25) is 0 Å². The molecule has 1 fully saturated rings. The number of nitrogens with one attached hydrogen (secondary N) is 5. The van der Waals surface area contributed by atoms with Gasteiger partial charge in [0, 0.05) is 54.9 Å². The summed E-state index contributed by atoms with van der Waals surface area (Å²) >= 11 is 6.24. The molecule has 0 bridgehead atoms. The van der Waals surface area contributed by atoms with Crippen LogP contribution in [-0.2, 0) is 6.42 Å². The van der Waals surface area contributed by atoms with E-state index >= 15 is 4.39 Å². The minimum atomic E-state index is -0.793. The number of H-pyrrole nitrogens is 1. The van der Waals surface area contributed by atoms with Crippen molar-refractivity contribution in [3.8, 4) is 16.9 Å². The molecule has 3 heterocycles. The van der Waals surface area contributed by atoms with Crippen LogP contribution in [0.15, 0.2) is 53.5 Å². The van der Waals surface area contributed by atoms with Gasteiger partial charge >= 0.3 is 5.69 Å². The first-order valence-electron chi connectivity index (χ1n) is 14.5. The Bertz CT molecular complexity index is 1640. The highest BCUT2D eigenvalue weighted by atomic mass is 35.5. The molecule has 0 saturated carbocycles. The van der Waals surface area contributed by atoms with E-state index in [-0.39, 0.29) is 29.0 Å². The summed E-state index contributed by atoms with van der Waals surface area (Å²) in [6, 6.07) is 13.2. The topological polar surface area (TPSA) is 137 Å². The van der Waals surface area contributed by atoms with Gasteiger partial charge in [0.1, 0.15) is 18.2 Å². The Kier molecular flexibility index (Phi) is 9.86. The minimum absolute atomic E-state index is 0.0440. The molecule has 9 nitrogen and oxygen atoms in total. The standard InChI is InChI=1S/C31H37ClF2N8O/c1-18(35)3-2-4-19-11-24(29(34)25(32)12-19)26-13-21-17-42(31(43)41-30(21)40-26)23-7-5-20(6-8-23)27-16-37-15-22(39-27)9-10-38-28(36)14-33/h5-8,11-13,17-18,22,27,37,39H,2-4,9-10,14-16,35H2,1H3,(H2,36,38)(H,40,41,43)/t18-,22+,27+/m0/s1. The smallest absolute Gasteiger partial charge is 0.354 e. The monoisotopic (exact) mass is 610 g/mol. The second-order valence-corrected chi connectivity index (χ2v) is 11.6. The minimum Gasteiger partial charge on any atom is -0.372 e. The van der Waals surface area contributed by atoms with Crippen LogP contribution in [0.4, 0.5) is 8.78 Å². The summed E-state index contributed by atoms with van der Waals surface area (Å²) in [5, 5.41) is 17.9. The number of benzene rings is 2. The lowest BCUT2D eigenvalue weighted by Gasteiger charge is -2.32. The zero-order valence-corrected chi connectivity index (χ0v) is 24.8. The van der Waals surface area contributed by atoms with Gasteiger partial charge in [-0.2, -0.15) is 4.98 Å². The second kappa shape index (κ2) is 13.8. The number of aromatic amines is 1. The summed E-state index contributed by atoms with van der Waals surface area (Å²) in [5.74, 6) is -0.636. The molecule has 0 amide bonds. The van der Waals surface area contributed by atoms with Crippen LogP contribution >= 0.6 is 11.6 Å². The molecule has 0 spiro atoms. The normalized spacial score (nSPS) is 17.7. The third-order valence-electron chi connectivity index (χ3n) is 7.73. The van der Waals surface area contributed by atoms with Gasteiger partial charge in [0.05, 0.1) is 16.4 Å². The molecular weight excluding hydrogens is 574 g/mol. The van der Waals surface area contributed by atoms with Gasteiger partial charge in [-0.05, 0) is 74.1 Å². The van der Waals surface area contributed by atoms with Gasteiger partial charge in [0.15, 0.2) is 5.82 Å². The maximum Gasteiger partial charge on any atom is 0.354 e. The van der Waals surface area contributed by atoms with Gasteiger partial charge in [-0.15, -0.1) is 0 Å². The summed E-state index contributed by atoms with van der Waals surface area (Å²) < 4.78 is 29.1. The van der Waals surface area contributed by atoms with Crippen LogP contribution in [-0.4, -0.2) is 58.8 Å². The van der Waals surface area contributed by atoms with Crippen LogP contribution in [0.5, 0.6) is 0 Å². The zero-order valence-electron chi connectivity index (χ0n) is 24.0. The van der Waals surface area contributed by atoms with Gasteiger partial charge in [-0.1, -0.05) is 23.7 Å². The Hall–Kier alpha value is -3.64. The van der Waals surface area contributed by atoms with E-state index in [4.69, 9.17) is 22.7 Å². The first kappa shape index (κ1) is 30.8. The third-order valence-corrected chi connectivity index (χ3v) is 8.00. The molecule has 2 aromatic carbocycles. The zero-order chi connectivity index (χ0) is 30.5. The van der Waals surface area contributed by atoms with E-state index in [0.717, 1.165) is 49.9 Å². The number of piperazine rings is 1. The van der Waals surface area contributed by atoms with E-state index in [2.05, 4.69) is 25.9 Å². The Morgan fingerprint density at radius 2 is 2.05 bits per heavy atom. The Labute approximate surface area is 253 Å². The number of halogens is 3. The molecule has 1 aliphatic heterocycles. The number of nitrogens with two attached hydrogens (primary N) is 1. The molecular formula is C31H37ClF2N8O. The molecule has 0 aliphatic carbocycles. The van der Waals surface area contributed by atoms with Crippen molar-refractivity contribution in [1.82, 2.24) is 30.5 Å². The van der Waals surface area contributed by atoms with E-state index in [0.29, 0.717) is 34.5 Å². The van der Waals surface area contributed by atoms with Crippen LogP contribution in [0.3, 0.4) is 0 Å². The van der Waals surface area contributed by atoms with Crippen LogP contribution in [0.25, 0.3) is 28.0 Å². The molecule has 3 atom stereocenters. The van der Waals surface area contributed by atoms with Crippen molar-refractivity contribution in [2.75, 3.05) is 26.3 Å². The van der Waals surface area contributed by atoms with Gasteiger partial charge < -0.3 is 26.7 Å². The molecule has 7 N–H and O–H groups in total. The highest BCUT2D eigenvalue weighted by molar-refractivity contribution is 6.31. The van der Waals surface area contributed by atoms with E-state index in [1.807, 2.05) is 31.2 Å². The summed E-state index contributed by atoms with van der Waals surface area (Å²) in [7, 11) is 0. The number of fused-ring (bicyclic) bond motifs is 1. The SMILES string of the molecule is C[C@H](N)CCCc1cc(Cl)c(F)c(-c2cc3cn(-c4ccc([C@H]5CNC[C@@H](CCNC(=N)CF)N5)cc4)c(=O)nc3[nH]2)c1. The molecule has 12 heteroatoms. The van der Waals surface area contributed by atoms with Crippen molar-refractivity contribution in [3.05, 3.63) is 81.1 Å². The van der Waals surface area contributed by atoms with E-state index in [1.54, 1.807) is 24.4 Å². The molecule has 43 heavy (non-hydrogen) atoms. The summed E-state index contributed by atoms with van der Waals surface area (Å²) in [5.41, 5.74) is 9.22. The first-order valence-corrected chi connectivity index (χ1v) is 14.9. The Morgan fingerprint density at radius 1 is 1.26 bits per heavy atom. The average molecular weight is 611 g/mol. The van der Waals surface area contributed by atoms with Crippen molar-refractivity contribution in [1.29, 1.82) is 5.41 Å². The Balaban J connectivity index is 1.33. The predicted molar refractivity (Wildman–Crippen MR) is 168 cm³/mol. The maximum atomic E-state index is 15.1. The quantitative estimate of drug-likeness (QED) is 0.110. The highest BCUT2D eigenvalue weighted by Crippen LogP contribution is 2.31. The third kappa shape index (κ3) is 7.48. The lowest BCUT2D eigenvalue weighted by molar-refractivity contribution is 0.330. The van der Waals surface area contributed by atoms with Gasteiger partial charge in [-0.25, -0.2) is 13.6 Å². The number of rotatable bonds is 11. The average Bonchev–Trinajstić information content (AvgIpc) is 3.41. The lowest BCUT2D eigenvalue weighted by atomic mass is 10.0. The van der Waals surface area contributed by atoms with Crippen molar-refractivity contribution in [2.45, 2.75) is 50.7 Å². The van der Waals surface area contributed by atoms with E-state index < -0.39 is 18.2 Å². The fourth-order valence-electron chi connectivity index (χ4n) is 5.45. The number of aromatic nitrogens is 3. The molecule has 228 valence electrons. The van der Waals surface area contributed by atoms with Crippen LogP contribution in [0.2, 0.25) is 5.02 Å². The Morgan fingerprint density at radius 3 is 2.79 bits per heavy atom. The largest absolute Gasteiger partial charge is 0.372 e. The number of hydrogen-bond donors (Lipinski definition) is 6. The second-order valence-electron chi connectivity index (χ2n) is 11.2. The van der Waals surface area contributed by atoms with Gasteiger partial charge in [0.25, 0.3) is 0 Å². The van der Waals surface area contributed by atoms with Gasteiger partial charge in [-0.3, -0.25) is 9.98 Å². The van der Waals surface area contributed by atoms with Crippen molar-refractivity contribution < 1.29 is 8.78 Å². The van der Waals surface area contributed by atoms with E-state index in [9.17, 15) is 9.18 Å². The number of aryl methyl sites for hydroxylation is 1. The maximum absolute atomic E-state index is 15.1. The molecule has 0 unspecified atom stereocenters. The molecule has 1 saturated heterocycles. The molecule has 5 rings (SSSR count). The number of nitrogens with zero attached hydrogens (tertiary/aromatic N) is 2. The fraction of sp³-hybridized carbons (Fsp3) is 0.387. The number of hydrogen-bond acceptors (Lipinski definition) is 6. The van der Waals surface area contributed by atoms with Crippen LogP contribution < -0.4 is 27.4 Å². The van der Waals surface area contributed by atoms with Crippen LogP contribution in [0, 0.1) is 11.2 Å². The molecule has 0 radical (unpaired) electrons. The van der Waals surface area contributed by atoms with E-state index in [1.165, 1.54) is 4.57 Å². The van der Waals surface area contributed by atoms with Crippen molar-refractivity contribution in [2.24, 2.45) is 5.73 Å². The summed E-state index contributed by atoms with van der Waals surface area (Å²) in [4.78, 5) is 20.3. The highest BCUT2D eigenvalue weighted by Gasteiger charge is 2.22. The lowest BCUT2D eigenvalue weighted by Crippen LogP contribution is -2.51.